The van der Waals surface area contributed by atoms with Crippen molar-refractivity contribution >= 4 is 11.6 Å². The summed E-state index contributed by atoms with van der Waals surface area (Å²) in [6.07, 6.45) is 7.90. The Hall–Kier alpha value is -1.75. The number of methoxy groups -OCH3 is 1. The molecule has 4 bridgehead atoms. The summed E-state index contributed by atoms with van der Waals surface area (Å²) in [7, 11) is 1.73. The standard InChI is InChI=1S/C24H35N3O2/c1-17(23(28)25-24-14-18-11-19(15-24)13-20(12-18)16-24)26-7-9-27(10-8-26)21-5-3-4-6-22(21)29-2/h3-6,17-20H,7-16H2,1-2H3,(H,25,28)/t17-,18?,19?,20?,24?/m0/s1. The van der Waals surface area contributed by atoms with Gasteiger partial charge in [-0.05, 0) is 75.3 Å². The molecule has 158 valence electrons. The molecular weight excluding hydrogens is 362 g/mol. The Bertz CT molecular complexity index is 721. The summed E-state index contributed by atoms with van der Waals surface area (Å²) in [5, 5.41) is 3.57. The lowest BCUT2D eigenvalue weighted by atomic mass is 9.53. The Morgan fingerprint density at radius 1 is 1.03 bits per heavy atom. The van der Waals surface area contributed by atoms with E-state index < -0.39 is 0 Å². The number of amides is 1. The molecule has 29 heavy (non-hydrogen) atoms. The zero-order chi connectivity index (χ0) is 20.0. The predicted molar refractivity (Wildman–Crippen MR) is 115 cm³/mol. The molecule has 5 fully saturated rings. The zero-order valence-corrected chi connectivity index (χ0v) is 17.9. The second kappa shape index (κ2) is 7.50. The van der Waals surface area contributed by atoms with Crippen LogP contribution in [0, 0.1) is 17.8 Å². The fourth-order valence-corrected chi connectivity index (χ4v) is 7.04. The van der Waals surface area contributed by atoms with E-state index in [0.717, 1.165) is 55.4 Å². The van der Waals surface area contributed by atoms with Gasteiger partial charge in [-0.1, -0.05) is 12.1 Å². The lowest BCUT2D eigenvalue weighted by Crippen LogP contribution is -2.63. The molecule has 1 aliphatic heterocycles. The smallest absolute Gasteiger partial charge is 0.237 e. The molecule has 6 rings (SSSR count). The van der Waals surface area contributed by atoms with Crippen LogP contribution in [0.2, 0.25) is 0 Å². The molecule has 1 atom stereocenters. The minimum atomic E-state index is -0.0529. The van der Waals surface area contributed by atoms with E-state index in [9.17, 15) is 4.79 Å². The number of anilines is 1. The largest absolute Gasteiger partial charge is 0.495 e. The van der Waals surface area contributed by atoms with Crippen molar-refractivity contribution < 1.29 is 9.53 Å². The molecule has 0 spiro atoms. The molecule has 4 aliphatic carbocycles. The topological polar surface area (TPSA) is 44.8 Å². The van der Waals surface area contributed by atoms with Crippen molar-refractivity contribution in [1.29, 1.82) is 0 Å². The first-order valence-corrected chi connectivity index (χ1v) is 11.5. The number of hydrogen-bond donors (Lipinski definition) is 1. The maximum absolute atomic E-state index is 13.2. The molecule has 0 unspecified atom stereocenters. The van der Waals surface area contributed by atoms with E-state index in [-0.39, 0.29) is 17.5 Å². The van der Waals surface area contributed by atoms with Crippen LogP contribution in [0.4, 0.5) is 5.69 Å². The quantitative estimate of drug-likeness (QED) is 0.828. The molecule has 5 nitrogen and oxygen atoms in total. The Labute approximate surface area is 174 Å². The fourth-order valence-electron chi connectivity index (χ4n) is 7.04. The van der Waals surface area contributed by atoms with Gasteiger partial charge in [0.2, 0.25) is 5.91 Å². The lowest BCUT2D eigenvalue weighted by Gasteiger charge is -2.57. The van der Waals surface area contributed by atoms with E-state index in [0.29, 0.717) is 0 Å². The third-order valence-electron chi connectivity index (χ3n) is 8.09. The van der Waals surface area contributed by atoms with Gasteiger partial charge in [0, 0.05) is 31.7 Å². The number of carbonyl (C=O) groups excluding carboxylic acids is 1. The van der Waals surface area contributed by atoms with Crippen molar-refractivity contribution in [2.75, 3.05) is 38.2 Å². The number of benzene rings is 1. The highest BCUT2D eigenvalue weighted by Crippen LogP contribution is 2.55. The van der Waals surface area contributed by atoms with Gasteiger partial charge in [-0.15, -0.1) is 0 Å². The van der Waals surface area contributed by atoms with Gasteiger partial charge >= 0.3 is 0 Å². The molecule has 1 amide bonds. The average Bonchev–Trinajstić information content (AvgIpc) is 2.72. The molecule has 1 aromatic rings. The van der Waals surface area contributed by atoms with Gasteiger partial charge in [0.05, 0.1) is 18.8 Å². The van der Waals surface area contributed by atoms with Gasteiger partial charge in [0.25, 0.3) is 0 Å². The van der Waals surface area contributed by atoms with Crippen LogP contribution < -0.4 is 15.0 Å². The van der Waals surface area contributed by atoms with Gasteiger partial charge in [0.1, 0.15) is 5.75 Å². The molecule has 0 aromatic heterocycles. The van der Waals surface area contributed by atoms with Crippen LogP contribution in [0.5, 0.6) is 5.75 Å². The first-order valence-electron chi connectivity index (χ1n) is 11.5. The van der Waals surface area contributed by atoms with E-state index in [1.807, 2.05) is 12.1 Å². The number of ether oxygens (including phenoxy) is 1. The van der Waals surface area contributed by atoms with Crippen molar-refractivity contribution in [3.05, 3.63) is 24.3 Å². The van der Waals surface area contributed by atoms with Crippen LogP contribution in [-0.4, -0.2) is 55.7 Å². The van der Waals surface area contributed by atoms with E-state index in [1.165, 1.54) is 38.5 Å². The molecule has 1 aromatic carbocycles. The number of rotatable bonds is 5. The van der Waals surface area contributed by atoms with Gasteiger partial charge in [0.15, 0.2) is 0 Å². The summed E-state index contributed by atoms with van der Waals surface area (Å²) in [6, 6.07) is 8.16. The molecule has 1 saturated heterocycles. The second-order valence-electron chi connectivity index (χ2n) is 10.1. The molecular formula is C24H35N3O2. The van der Waals surface area contributed by atoms with Crippen molar-refractivity contribution in [2.24, 2.45) is 17.8 Å². The van der Waals surface area contributed by atoms with E-state index >= 15 is 0 Å². The van der Waals surface area contributed by atoms with Crippen LogP contribution in [0.1, 0.15) is 45.4 Å². The Morgan fingerprint density at radius 2 is 1.62 bits per heavy atom. The Balaban J connectivity index is 1.19. The van der Waals surface area contributed by atoms with Crippen molar-refractivity contribution in [2.45, 2.75) is 57.0 Å². The predicted octanol–water partition coefficient (Wildman–Crippen LogP) is 3.29. The number of nitrogens with one attached hydrogen (secondary N) is 1. The summed E-state index contributed by atoms with van der Waals surface area (Å²) < 4.78 is 5.53. The maximum Gasteiger partial charge on any atom is 0.237 e. The van der Waals surface area contributed by atoms with Crippen LogP contribution in [-0.2, 0) is 4.79 Å². The Morgan fingerprint density at radius 3 is 2.21 bits per heavy atom. The zero-order valence-electron chi connectivity index (χ0n) is 17.9. The summed E-state index contributed by atoms with van der Waals surface area (Å²) in [5.74, 6) is 3.76. The molecule has 5 aliphatic rings. The lowest BCUT2D eigenvalue weighted by molar-refractivity contribution is -0.131. The summed E-state index contributed by atoms with van der Waals surface area (Å²) in [4.78, 5) is 17.9. The van der Waals surface area contributed by atoms with Gasteiger partial charge in [-0.3, -0.25) is 9.69 Å². The minimum Gasteiger partial charge on any atom is -0.495 e. The monoisotopic (exact) mass is 397 g/mol. The maximum atomic E-state index is 13.2. The summed E-state index contributed by atoms with van der Waals surface area (Å²) >= 11 is 0. The third kappa shape index (κ3) is 3.63. The summed E-state index contributed by atoms with van der Waals surface area (Å²) in [5.41, 5.74) is 1.26. The normalized spacial score (nSPS) is 34.8. The molecule has 1 N–H and O–H groups in total. The highest BCUT2D eigenvalue weighted by atomic mass is 16.5. The van der Waals surface area contributed by atoms with Crippen LogP contribution in [0.15, 0.2) is 24.3 Å². The third-order valence-corrected chi connectivity index (χ3v) is 8.09. The van der Waals surface area contributed by atoms with Crippen molar-refractivity contribution in [3.8, 4) is 5.75 Å². The van der Waals surface area contributed by atoms with Crippen LogP contribution in [0.3, 0.4) is 0 Å². The number of nitrogens with zero attached hydrogens (tertiary/aromatic N) is 2. The number of hydrogen-bond acceptors (Lipinski definition) is 4. The number of para-hydroxylation sites is 2. The Kier molecular flexibility index (Phi) is 4.97. The van der Waals surface area contributed by atoms with E-state index in [4.69, 9.17) is 4.74 Å². The van der Waals surface area contributed by atoms with Gasteiger partial charge < -0.3 is 15.0 Å². The van der Waals surface area contributed by atoms with E-state index in [1.54, 1.807) is 7.11 Å². The second-order valence-corrected chi connectivity index (χ2v) is 10.1. The molecule has 4 saturated carbocycles. The number of carbonyl (C=O) groups is 1. The molecule has 0 radical (unpaired) electrons. The van der Waals surface area contributed by atoms with Crippen molar-refractivity contribution in [1.82, 2.24) is 10.2 Å². The first-order chi connectivity index (χ1) is 14.0. The van der Waals surface area contributed by atoms with E-state index in [2.05, 4.69) is 34.2 Å². The highest BCUT2D eigenvalue weighted by Gasteiger charge is 2.51. The SMILES string of the molecule is COc1ccccc1N1CCN([C@@H](C)C(=O)NC23CC4CC(CC(C4)C2)C3)CC1. The summed E-state index contributed by atoms with van der Waals surface area (Å²) in [6.45, 7) is 5.76. The first kappa shape index (κ1) is 19.2. The average molecular weight is 398 g/mol. The van der Waals surface area contributed by atoms with Gasteiger partial charge in [-0.25, -0.2) is 0 Å². The van der Waals surface area contributed by atoms with Crippen molar-refractivity contribution in [3.63, 3.8) is 0 Å². The molecule has 5 heteroatoms. The molecule has 1 heterocycles. The fraction of sp³-hybridized carbons (Fsp3) is 0.708. The highest BCUT2D eigenvalue weighted by molar-refractivity contribution is 5.82. The number of piperazine rings is 1. The van der Waals surface area contributed by atoms with Crippen LogP contribution in [0.25, 0.3) is 0 Å². The minimum absolute atomic E-state index is 0.0529. The van der Waals surface area contributed by atoms with Gasteiger partial charge in [-0.2, -0.15) is 0 Å². The van der Waals surface area contributed by atoms with Crippen LogP contribution >= 0.6 is 0 Å².